The predicted octanol–water partition coefficient (Wildman–Crippen LogP) is 0.907. The molecule has 0 spiro atoms. The summed E-state index contributed by atoms with van der Waals surface area (Å²) in [7, 11) is 0. The van der Waals surface area contributed by atoms with Crippen molar-refractivity contribution in [3.05, 3.63) is 34.8 Å². The number of thiazole rings is 1. The number of amides is 1. The Balaban J connectivity index is 1.79. The lowest BCUT2D eigenvalue weighted by molar-refractivity contribution is 0.0942. The normalized spacial score (nSPS) is 12.3. The van der Waals surface area contributed by atoms with Gasteiger partial charge in [0.05, 0.1) is 11.3 Å². The standard InChI is InChI=1S/C13H19N5OS/c1-10(7-18-5-4-15-9-18)6-16-13(19)11-8-20-12(17-11)2-3-14/h4-5,8-10H,2-3,6-7,14H2,1H3,(H,16,19). The second-order valence-electron chi connectivity index (χ2n) is 4.74. The van der Waals surface area contributed by atoms with Crippen molar-refractivity contribution in [2.75, 3.05) is 13.1 Å². The molecule has 2 aromatic heterocycles. The molecule has 0 saturated heterocycles. The lowest BCUT2D eigenvalue weighted by atomic mass is 10.2. The molecule has 6 nitrogen and oxygen atoms in total. The van der Waals surface area contributed by atoms with Crippen LogP contribution in [-0.2, 0) is 13.0 Å². The number of carbonyl (C=O) groups is 1. The topological polar surface area (TPSA) is 85.8 Å². The molecule has 0 fully saturated rings. The molecule has 2 aromatic rings. The molecule has 0 aromatic carbocycles. The lowest BCUT2D eigenvalue weighted by Gasteiger charge is -2.12. The van der Waals surface area contributed by atoms with Gasteiger partial charge in [-0.2, -0.15) is 0 Å². The SMILES string of the molecule is CC(CNC(=O)c1csc(CCN)n1)Cn1ccnc1. The number of nitrogens with two attached hydrogens (primary N) is 1. The summed E-state index contributed by atoms with van der Waals surface area (Å²) in [5, 5.41) is 5.59. The Morgan fingerprint density at radius 3 is 3.15 bits per heavy atom. The van der Waals surface area contributed by atoms with Gasteiger partial charge in [-0.25, -0.2) is 9.97 Å². The van der Waals surface area contributed by atoms with Crippen LogP contribution in [0.3, 0.4) is 0 Å². The highest BCUT2D eigenvalue weighted by Crippen LogP contribution is 2.10. The van der Waals surface area contributed by atoms with Crippen LogP contribution in [0.15, 0.2) is 24.1 Å². The van der Waals surface area contributed by atoms with Gasteiger partial charge in [-0.3, -0.25) is 4.79 Å². The third-order valence-electron chi connectivity index (χ3n) is 2.84. The molecule has 0 bridgehead atoms. The second-order valence-corrected chi connectivity index (χ2v) is 5.68. The van der Waals surface area contributed by atoms with Crippen molar-refractivity contribution in [2.24, 2.45) is 11.7 Å². The molecule has 0 aliphatic rings. The van der Waals surface area contributed by atoms with Crippen molar-refractivity contribution in [1.29, 1.82) is 0 Å². The largest absolute Gasteiger partial charge is 0.350 e. The number of aromatic nitrogens is 3. The van der Waals surface area contributed by atoms with Crippen molar-refractivity contribution in [1.82, 2.24) is 19.9 Å². The summed E-state index contributed by atoms with van der Waals surface area (Å²) >= 11 is 1.48. The third-order valence-corrected chi connectivity index (χ3v) is 3.74. The van der Waals surface area contributed by atoms with Gasteiger partial charge in [0, 0.05) is 37.3 Å². The molecule has 0 aliphatic heterocycles. The van der Waals surface area contributed by atoms with Crippen molar-refractivity contribution in [3.63, 3.8) is 0 Å². The minimum absolute atomic E-state index is 0.123. The van der Waals surface area contributed by atoms with Gasteiger partial charge in [0.1, 0.15) is 5.69 Å². The third kappa shape index (κ3) is 4.14. The van der Waals surface area contributed by atoms with Crippen molar-refractivity contribution in [3.8, 4) is 0 Å². The predicted molar refractivity (Wildman–Crippen MR) is 78.6 cm³/mol. The van der Waals surface area contributed by atoms with Crippen LogP contribution in [0.1, 0.15) is 22.4 Å². The van der Waals surface area contributed by atoms with E-state index in [1.165, 1.54) is 11.3 Å². The van der Waals surface area contributed by atoms with E-state index >= 15 is 0 Å². The van der Waals surface area contributed by atoms with E-state index in [1.54, 1.807) is 17.9 Å². The lowest BCUT2D eigenvalue weighted by Crippen LogP contribution is -2.30. The number of rotatable bonds is 7. The fourth-order valence-corrected chi connectivity index (χ4v) is 2.62. The fourth-order valence-electron chi connectivity index (χ4n) is 1.83. The number of nitrogens with one attached hydrogen (secondary N) is 1. The van der Waals surface area contributed by atoms with E-state index in [2.05, 4.69) is 22.2 Å². The van der Waals surface area contributed by atoms with Gasteiger partial charge in [0.25, 0.3) is 5.91 Å². The maximum Gasteiger partial charge on any atom is 0.270 e. The average Bonchev–Trinajstić information content (AvgIpc) is 3.08. The van der Waals surface area contributed by atoms with E-state index in [0.717, 1.165) is 18.0 Å². The Bertz CT molecular complexity index is 537. The summed E-state index contributed by atoms with van der Waals surface area (Å²) < 4.78 is 2.00. The first-order chi connectivity index (χ1) is 9.69. The molecule has 0 radical (unpaired) electrons. The first-order valence-corrected chi connectivity index (χ1v) is 7.45. The highest BCUT2D eigenvalue weighted by molar-refractivity contribution is 7.09. The molecular formula is C13H19N5OS. The van der Waals surface area contributed by atoms with Crippen LogP contribution in [-0.4, -0.2) is 33.5 Å². The Morgan fingerprint density at radius 2 is 2.45 bits per heavy atom. The van der Waals surface area contributed by atoms with E-state index in [-0.39, 0.29) is 5.91 Å². The zero-order chi connectivity index (χ0) is 14.4. The molecule has 0 aliphatic carbocycles. The zero-order valence-electron chi connectivity index (χ0n) is 11.5. The quantitative estimate of drug-likeness (QED) is 0.794. The number of hydrogen-bond acceptors (Lipinski definition) is 5. The summed E-state index contributed by atoms with van der Waals surface area (Å²) in [4.78, 5) is 20.2. The smallest absolute Gasteiger partial charge is 0.270 e. The molecule has 2 heterocycles. The highest BCUT2D eigenvalue weighted by atomic mass is 32.1. The summed E-state index contributed by atoms with van der Waals surface area (Å²) in [5.41, 5.74) is 5.95. The zero-order valence-corrected chi connectivity index (χ0v) is 12.3. The number of carbonyl (C=O) groups excluding carboxylic acids is 1. The number of imidazole rings is 1. The van der Waals surface area contributed by atoms with E-state index in [1.807, 2.05) is 10.8 Å². The number of nitrogens with zero attached hydrogens (tertiary/aromatic N) is 3. The molecule has 2 rings (SSSR count). The molecule has 0 saturated carbocycles. The van der Waals surface area contributed by atoms with E-state index in [0.29, 0.717) is 24.7 Å². The monoisotopic (exact) mass is 293 g/mol. The van der Waals surface area contributed by atoms with Crippen LogP contribution >= 0.6 is 11.3 Å². The maximum absolute atomic E-state index is 12.0. The fraction of sp³-hybridized carbons (Fsp3) is 0.462. The molecule has 20 heavy (non-hydrogen) atoms. The Hall–Kier alpha value is -1.73. The van der Waals surface area contributed by atoms with Crippen molar-refractivity contribution in [2.45, 2.75) is 19.9 Å². The van der Waals surface area contributed by atoms with Gasteiger partial charge in [-0.15, -0.1) is 11.3 Å². The van der Waals surface area contributed by atoms with E-state index < -0.39 is 0 Å². The molecule has 3 N–H and O–H groups in total. The van der Waals surface area contributed by atoms with Crippen molar-refractivity contribution >= 4 is 17.2 Å². The second kappa shape index (κ2) is 7.16. The Kier molecular flexibility index (Phi) is 5.25. The van der Waals surface area contributed by atoms with Crippen LogP contribution in [0.25, 0.3) is 0 Å². The van der Waals surface area contributed by atoms with Gasteiger partial charge in [0.2, 0.25) is 0 Å². The minimum atomic E-state index is -0.123. The van der Waals surface area contributed by atoms with Crippen LogP contribution in [0.5, 0.6) is 0 Å². The first-order valence-electron chi connectivity index (χ1n) is 6.57. The summed E-state index contributed by atoms with van der Waals surface area (Å²) in [6, 6.07) is 0. The molecule has 108 valence electrons. The molecular weight excluding hydrogens is 274 g/mol. The number of hydrogen-bond donors (Lipinski definition) is 2. The van der Waals surface area contributed by atoms with Gasteiger partial charge in [0.15, 0.2) is 0 Å². The van der Waals surface area contributed by atoms with Crippen LogP contribution in [0.2, 0.25) is 0 Å². The van der Waals surface area contributed by atoms with Crippen molar-refractivity contribution < 1.29 is 4.79 Å². The van der Waals surface area contributed by atoms with Crippen LogP contribution in [0.4, 0.5) is 0 Å². The molecule has 7 heteroatoms. The molecule has 1 amide bonds. The van der Waals surface area contributed by atoms with Gasteiger partial charge in [-0.05, 0) is 12.5 Å². The van der Waals surface area contributed by atoms with E-state index in [4.69, 9.17) is 5.73 Å². The van der Waals surface area contributed by atoms with Gasteiger partial charge < -0.3 is 15.6 Å². The molecule has 1 unspecified atom stereocenters. The average molecular weight is 293 g/mol. The first kappa shape index (κ1) is 14.7. The van der Waals surface area contributed by atoms with Crippen LogP contribution < -0.4 is 11.1 Å². The molecule has 1 atom stereocenters. The Morgan fingerprint density at radius 1 is 1.60 bits per heavy atom. The van der Waals surface area contributed by atoms with Crippen LogP contribution in [0, 0.1) is 5.92 Å². The summed E-state index contributed by atoms with van der Waals surface area (Å²) in [6.07, 6.45) is 6.16. The summed E-state index contributed by atoms with van der Waals surface area (Å²) in [5.74, 6) is 0.206. The minimum Gasteiger partial charge on any atom is -0.350 e. The van der Waals surface area contributed by atoms with E-state index in [9.17, 15) is 4.79 Å². The summed E-state index contributed by atoms with van der Waals surface area (Å²) in [6.45, 7) is 4.08. The Labute approximate surface area is 122 Å². The van der Waals surface area contributed by atoms with Gasteiger partial charge >= 0.3 is 0 Å². The maximum atomic E-state index is 12.0. The van der Waals surface area contributed by atoms with Gasteiger partial charge in [-0.1, -0.05) is 6.92 Å². The highest BCUT2D eigenvalue weighted by Gasteiger charge is 2.11.